The molecule has 1 unspecified atom stereocenters. The van der Waals surface area contributed by atoms with Crippen molar-refractivity contribution in [1.29, 1.82) is 0 Å². The van der Waals surface area contributed by atoms with E-state index in [1.807, 2.05) is 0 Å². The van der Waals surface area contributed by atoms with Crippen molar-refractivity contribution in [3.8, 4) is 0 Å². The van der Waals surface area contributed by atoms with Crippen LogP contribution < -0.4 is 0 Å². The molecule has 1 heterocycles. The standard InChI is InChI=1S/C11H23NO2/c1-2-8-14-10-11(13)9-12-6-4-3-5-7-12/h11,13H,2-10H2,1H3. The highest BCUT2D eigenvalue weighted by molar-refractivity contribution is 4.68. The maximum atomic E-state index is 9.66. The van der Waals surface area contributed by atoms with Crippen molar-refractivity contribution in [2.75, 3.05) is 32.8 Å². The van der Waals surface area contributed by atoms with Crippen LogP contribution in [0, 0.1) is 0 Å². The fraction of sp³-hybridized carbons (Fsp3) is 1.00. The number of nitrogens with zero attached hydrogens (tertiary/aromatic N) is 1. The zero-order chi connectivity index (χ0) is 10.2. The Morgan fingerprint density at radius 1 is 1.29 bits per heavy atom. The van der Waals surface area contributed by atoms with Gasteiger partial charge in [-0.25, -0.2) is 0 Å². The van der Waals surface area contributed by atoms with Crippen LogP contribution in [0.15, 0.2) is 0 Å². The number of ether oxygens (including phenoxy) is 1. The molecule has 1 aliphatic rings. The van der Waals surface area contributed by atoms with Gasteiger partial charge >= 0.3 is 0 Å². The minimum absolute atomic E-state index is 0.306. The average molecular weight is 201 g/mol. The zero-order valence-electron chi connectivity index (χ0n) is 9.24. The minimum atomic E-state index is -0.306. The maximum absolute atomic E-state index is 9.66. The molecule has 0 aliphatic carbocycles. The molecule has 3 heteroatoms. The molecule has 0 saturated carbocycles. The predicted octanol–water partition coefficient (Wildman–Crippen LogP) is 1.26. The van der Waals surface area contributed by atoms with Crippen LogP contribution >= 0.6 is 0 Å². The summed E-state index contributed by atoms with van der Waals surface area (Å²) < 4.78 is 5.31. The second kappa shape index (κ2) is 7.21. The van der Waals surface area contributed by atoms with Crippen molar-refractivity contribution in [1.82, 2.24) is 4.90 Å². The van der Waals surface area contributed by atoms with E-state index in [-0.39, 0.29) is 6.10 Å². The lowest BCUT2D eigenvalue weighted by molar-refractivity contribution is 0.0138. The summed E-state index contributed by atoms with van der Waals surface area (Å²) in [6.45, 7) is 6.40. The topological polar surface area (TPSA) is 32.7 Å². The van der Waals surface area contributed by atoms with Gasteiger partial charge in [0.1, 0.15) is 0 Å². The summed E-state index contributed by atoms with van der Waals surface area (Å²) in [6, 6.07) is 0. The minimum Gasteiger partial charge on any atom is -0.389 e. The smallest absolute Gasteiger partial charge is 0.0900 e. The Bertz CT molecular complexity index is 135. The predicted molar refractivity (Wildman–Crippen MR) is 57.4 cm³/mol. The van der Waals surface area contributed by atoms with Gasteiger partial charge in [-0.15, -0.1) is 0 Å². The summed E-state index contributed by atoms with van der Waals surface area (Å²) in [7, 11) is 0. The Hall–Kier alpha value is -0.120. The van der Waals surface area contributed by atoms with Gasteiger partial charge in [-0.3, -0.25) is 0 Å². The Morgan fingerprint density at radius 3 is 2.64 bits per heavy atom. The molecule has 1 saturated heterocycles. The van der Waals surface area contributed by atoms with E-state index in [1.54, 1.807) is 0 Å². The van der Waals surface area contributed by atoms with Gasteiger partial charge in [0.15, 0.2) is 0 Å². The Balaban J connectivity index is 2.03. The van der Waals surface area contributed by atoms with Gasteiger partial charge in [0, 0.05) is 13.2 Å². The van der Waals surface area contributed by atoms with Crippen molar-refractivity contribution in [2.45, 2.75) is 38.7 Å². The van der Waals surface area contributed by atoms with E-state index in [0.29, 0.717) is 6.61 Å². The van der Waals surface area contributed by atoms with Crippen LogP contribution in [0.25, 0.3) is 0 Å². The molecule has 0 spiro atoms. The van der Waals surface area contributed by atoms with Crippen LogP contribution in [-0.4, -0.2) is 49.0 Å². The monoisotopic (exact) mass is 201 g/mol. The van der Waals surface area contributed by atoms with Crippen LogP contribution in [-0.2, 0) is 4.74 Å². The summed E-state index contributed by atoms with van der Waals surface area (Å²) in [5.74, 6) is 0. The average Bonchev–Trinajstić information content (AvgIpc) is 2.20. The molecule has 84 valence electrons. The second-order valence-corrected chi connectivity index (χ2v) is 4.09. The summed E-state index contributed by atoms with van der Waals surface area (Å²) in [5, 5.41) is 9.66. The second-order valence-electron chi connectivity index (χ2n) is 4.09. The molecule has 1 N–H and O–H groups in total. The third-order valence-corrected chi connectivity index (χ3v) is 2.58. The van der Waals surface area contributed by atoms with Crippen molar-refractivity contribution in [3.05, 3.63) is 0 Å². The molecule has 0 amide bonds. The number of piperidine rings is 1. The maximum Gasteiger partial charge on any atom is 0.0900 e. The number of aliphatic hydroxyl groups is 1. The van der Waals surface area contributed by atoms with E-state index < -0.39 is 0 Å². The van der Waals surface area contributed by atoms with Crippen molar-refractivity contribution < 1.29 is 9.84 Å². The van der Waals surface area contributed by atoms with Gasteiger partial charge in [0.05, 0.1) is 12.7 Å². The zero-order valence-corrected chi connectivity index (χ0v) is 9.24. The molecule has 0 aromatic heterocycles. The first-order valence-electron chi connectivity index (χ1n) is 5.81. The lowest BCUT2D eigenvalue weighted by Crippen LogP contribution is -2.38. The van der Waals surface area contributed by atoms with Crippen molar-refractivity contribution in [2.24, 2.45) is 0 Å². The third-order valence-electron chi connectivity index (χ3n) is 2.58. The lowest BCUT2D eigenvalue weighted by atomic mass is 10.1. The molecule has 14 heavy (non-hydrogen) atoms. The van der Waals surface area contributed by atoms with Gasteiger partial charge in [0.2, 0.25) is 0 Å². The molecule has 1 rings (SSSR count). The third kappa shape index (κ3) is 4.94. The van der Waals surface area contributed by atoms with E-state index >= 15 is 0 Å². The highest BCUT2D eigenvalue weighted by Crippen LogP contribution is 2.08. The van der Waals surface area contributed by atoms with E-state index in [1.165, 1.54) is 19.3 Å². The fourth-order valence-corrected chi connectivity index (χ4v) is 1.86. The van der Waals surface area contributed by atoms with Crippen LogP contribution in [0.4, 0.5) is 0 Å². The van der Waals surface area contributed by atoms with Crippen LogP contribution in [0.2, 0.25) is 0 Å². The number of likely N-dealkylation sites (tertiary alicyclic amines) is 1. The molecule has 0 aromatic carbocycles. The molecule has 0 bridgehead atoms. The number of aliphatic hydroxyl groups excluding tert-OH is 1. The Labute approximate surface area is 87.1 Å². The van der Waals surface area contributed by atoms with Gasteiger partial charge in [0.25, 0.3) is 0 Å². The van der Waals surface area contributed by atoms with E-state index in [9.17, 15) is 5.11 Å². The molecule has 0 radical (unpaired) electrons. The largest absolute Gasteiger partial charge is 0.389 e. The van der Waals surface area contributed by atoms with Crippen LogP contribution in [0.3, 0.4) is 0 Å². The lowest BCUT2D eigenvalue weighted by Gasteiger charge is -2.28. The Kier molecular flexibility index (Phi) is 6.15. The van der Waals surface area contributed by atoms with Crippen LogP contribution in [0.1, 0.15) is 32.6 Å². The summed E-state index contributed by atoms with van der Waals surface area (Å²) in [4.78, 5) is 2.34. The molecular formula is C11H23NO2. The van der Waals surface area contributed by atoms with Crippen molar-refractivity contribution in [3.63, 3.8) is 0 Å². The SMILES string of the molecule is CCCOCC(O)CN1CCCCC1. The van der Waals surface area contributed by atoms with Gasteiger partial charge in [-0.05, 0) is 32.4 Å². The summed E-state index contributed by atoms with van der Waals surface area (Å²) >= 11 is 0. The van der Waals surface area contributed by atoms with Gasteiger partial charge in [-0.1, -0.05) is 13.3 Å². The van der Waals surface area contributed by atoms with Crippen molar-refractivity contribution >= 4 is 0 Å². The first-order chi connectivity index (χ1) is 6.83. The number of hydrogen-bond acceptors (Lipinski definition) is 3. The fourth-order valence-electron chi connectivity index (χ4n) is 1.86. The number of β-amino-alcohol motifs (C(OH)–C–C–N with tert-alkyl or cyclic N) is 1. The number of hydrogen-bond donors (Lipinski definition) is 1. The van der Waals surface area contributed by atoms with E-state index in [4.69, 9.17) is 4.74 Å². The van der Waals surface area contributed by atoms with Crippen LogP contribution in [0.5, 0.6) is 0 Å². The van der Waals surface area contributed by atoms with E-state index in [0.717, 1.165) is 32.7 Å². The normalized spacial score (nSPS) is 21.0. The molecule has 0 aromatic rings. The first kappa shape index (κ1) is 12.0. The van der Waals surface area contributed by atoms with E-state index in [2.05, 4.69) is 11.8 Å². The Morgan fingerprint density at radius 2 is 2.00 bits per heavy atom. The highest BCUT2D eigenvalue weighted by atomic mass is 16.5. The number of rotatable bonds is 6. The molecule has 3 nitrogen and oxygen atoms in total. The molecule has 1 atom stereocenters. The summed E-state index contributed by atoms with van der Waals surface area (Å²) in [6.07, 6.45) is 4.63. The van der Waals surface area contributed by atoms with Gasteiger partial charge in [-0.2, -0.15) is 0 Å². The summed E-state index contributed by atoms with van der Waals surface area (Å²) in [5.41, 5.74) is 0. The molecular weight excluding hydrogens is 178 g/mol. The molecule has 1 fully saturated rings. The highest BCUT2D eigenvalue weighted by Gasteiger charge is 2.14. The quantitative estimate of drug-likeness (QED) is 0.657. The molecule has 1 aliphatic heterocycles. The first-order valence-corrected chi connectivity index (χ1v) is 5.81. The van der Waals surface area contributed by atoms with Gasteiger partial charge < -0.3 is 14.7 Å².